The molecule has 8 aromatic rings. The van der Waals surface area contributed by atoms with Gasteiger partial charge in [0, 0.05) is 0 Å². The first-order valence-electron chi connectivity index (χ1n) is 27.8. The molecule has 0 bridgehead atoms. The summed E-state index contributed by atoms with van der Waals surface area (Å²) in [7, 11) is -3.59. The van der Waals surface area contributed by atoms with Crippen LogP contribution in [-0.4, -0.2) is 16.2 Å². The van der Waals surface area contributed by atoms with Crippen LogP contribution < -0.4 is 42.4 Å². The van der Waals surface area contributed by atoms with Crippen molar-refractivity contribution < 1.29 is 6.51 Å². The molecule has 1 spiro atoms. The van der Waals surface area contributed by atoms with E-state index < -0.39 is 38.2 Å². The van der Waals surface area contributed by atoms with E-state index in [4.69, 9.17) is 0 Å². The van der Waals surface area contributed by atoms with Crippen LogP contribution in [0.3, 0.4) is 0 Å². The topological polar surface area (TPSA) is 0 Å². The molecule has 10 saturated heterocycles. The van der Waals surface area contributed by atoms with Crippen LogP contribution in [0.1, 0.15) is 39.5 Å². The Labute approximate surface area is 440 Å². The molecule has 10 aliphatic rings. The van der Waals surface area contributed by atoms with Crippen LogP contribution in [0.25, 0.3) is 0 Å². The molecule has 5 heteroatoms. The second kappa shape index (κ2) is 10.5. The molecular formula is C70H66FeP4. The Hall–Kier alpha value is -4.52. The standard InChI is InChI=1S/C59H51P4.C11H15.Fe/c1-3-28-46(2)45-55-56(60(47-29-12-4-13-30-47)48-31-14-5-15-32-48)58(62(51-37-20-8-21-38-51)52-39-22-9-23-40-52)59(63(53-41-24-10-25-42-53)54-43-26-11-27-44-54)57(55)61(49-33-16-6-17-34-49)50-35-18-7-19-36-50;1-3-6-10(2)9-11-7-4-5-8-11;/h3-27,29-44,46H,1,28,45H2,2H3;3-5,7-8,10H,1,6,9H2,2H3;. The second-order valence-corrected chi connectivity index (χ2v) is 59.1. The van der Waals surface area contributed by atoms with Gasteiger partial charge in [0.25, 0.3) is 0 Å². The minimum atomic E-state index is -6.14. The van der Waals surface area contributed by atoms with Gasteiger partial charge in [0.15, 0.2) is 0 Å². The first kappa shape index (κ1) is 44.5. The van der Waals surface area contributed by atoms with Crippen LogP contribution in [-0.2, 0) is 6.51 Å². The third-order valence-electron chi connectivity index (χ3n) is 27.6. The number of hydrogen-bond acceptors (Lipinski definition) is 0. The predicted molar refractivity (Wildman–Crippen MR) is 325 cm³/mol. The van der Waals surface area contributed by atoms with Gasteiger partial charge in [0.1, 0.15) is 0 Å². The van der Waals surface area contributed by atoms with Crippen molar-refractivity contribution >= 4 is 74.1 Å². The van der Waals surface area contributed by atoms with Crippen LogP contribution >= 0.6 is 31.7 Å². The maximum atomic E-state index is 4.59. The summed E-state index contributed by atoms with van der Waals surface area (Å²) in [6.45, 7) is 8.38. The van der Waals surface area contributed by atoms with Gasteiger partial charge in [-0.25, -0.2) is 0 Å². The molecule has 0 nitrogen and oxygen atoms in total. The third-order valence-corrected chi connectivity index (χ3v) is 101. The average Bonchev–Trinajstić information content (AvgIpc) is 1.02. The molecule has 18 rings (SSSR count). The van der Waals surface area contributed by atoms with Gasteiger partial charge in [-0.1, -0.05) is 0 Å². The molecule has 10 heterocycles. The monoisotopic (exact) mass is 1090 g/mol. The molecule has 0 amide bonds. The Kier molecular flexibility index (Phi) is 6.20. The van der Waals surface area contributed by atoms with Crippen LogP contribution in [0, 0.1) is 11.8 Å². The van der Waals surface area contributed by atoms with Crippen LogP contribution in [0.5, 0.6) is 0 Å². The van der Waals surface area contributed by atoms with E-state index >= 15 is 0 Å². The molecule has 374 valence electrons. The molecule has 0 aromatic heterocycles. The Morgan fingerprint density at radius 2 is 0.587 bits per heavy atom. The molecule has 0 radical (unpaired) electrons. The van der Waals surface area contributed by atoms with Crippen molar-refractivity contribution in [3.63, 3.8) is 0 Å². The van der Waals surface area contributed by atoms with Gasteiger partial charge < -0.3 is 0 Å². The quantitative estimate of drug-likeness (QED) is 0.0405. The van der Waals surface area contributed by atoms with Crippen molar-refractivity contribution in [2.45, 2.75) is 83.6 Å². The molecule has 10 unspecified atom stereocenters. The summed E-state index contributed by atoms with van der Waals surface area (Å²) in [6, 6.07) is 100. The van der Waals surface area contributed by atoms with Crippen molar-refractivity contribution in [1.29, 1.82) is 0 Å². The van der Waals surface area contributed by atoms with Crippen molar-refractivity contribution in [2.75, 3.05) is 0 Å². The van der Waals surface area contributed by atoms with Crippen molar-refractivity contribution in [3.8, 4) is 0 Å². The van der Waals surface area contributed by atoms with Gasteiger partial charge in [0.05, 0.1) is 0 Å². The van der Waals surface area contributed by atoms with E-state index in [-0.39, 0.29) is 20.5 Å². The Balaban J connectivity index is 1.15. The molecular weight excluding hydrogens is 1020 g/mol. The molecule has 0 saturated carbocycles. The van der Waals surface area contributed by atoms with Gasteiger partial charge in [-0.15, -0.1) is 0 Å². The number of benzene rings is 8. The first-order valence-corrected chi connectivity index (χ1v) is 39.0. The van der Waals surface area contributed by atoms with Gasteiger partial charge in [-0.2, -0.15) is 0 Å². The zero-order chi connectivity index (χ0) is 50.2. The summed E-state index contributed by atoms with van der Waals surface area (Å²) in [6.07, 6.45) is 9.53. The summed E-state index contributed by atoms with van der Waals surface area (Å²) in [5.41, 5.74) is 0. The number of fused-ring (bicyclic) bond motifs is 10. The Bertz CT molecular complexity index is 3750. The number of allylic oxidation sites excluding steroid dienone is 2. The normalized spacial score (nSPS) is 41.8. The van der Waals surface area contributed by atoms with Crippen LogP contribution in [0.15, 0.2) is 268 Å². The van der Waals surface area contributed by atoms with E-state index in [0.717, 1.165) is 32.1 Å². The molecule has 8 aromatic carbocycles. The summed E-state index contributed by atoms with van der Waals surface area (Å²) in [5.74, 6) is 1.10. The average molecular weight is 1090 g/mol. The summed E-state index contributed by atoms with van der Waals surface area (Å²) >= 11 is 0. The molecule has 10 aliphatic heterocycles. The molecule has 10 fully saturated rings. The SMILES string of the molecule is C=CCC(C)C[C]12[CH]3[CH]4[CH]5[CH]1[Fe]45321678[C]2(CC(C)CC=C)[C]1(P(c1ccccc1)c1ccccc1)[C]6(P(c1ccccc1)c1ccccc1)[C]7(P(c1ccccc1)c1ccccc1)[C]28P(c1ccccc1)c1ccccc1. The predicted octanol–water partition coefficient (Wildman–Crippen LogP) is 15.5. The van der Waals surface area contributed by atoms with Gasteiger partial charge >= 0.3 is 444 Å². The number of hydrogen-bond donors (Lipinski definition) is 0. The summed E-state index contributed by atoms with van der Waals surface area (Å²) < 4.78 is 1.27. The van der Waals surface area contributed by atoms with Crippen LogP contribution in [0.2, 0.25) is 27.9 Å². The van der Waals surface area contributed by atoms with Crippen molar-refractivity contribution in [3.05, 3.63) is 268 Å². The first-order chi connectivity index (χ1) is 36.8. The number of rotatable bonds is 20. The second-order valence-electron chi connectivity index (χ2n) is 25.9. The van der Waals surface area contributed by atoms with E-state index in [9.17, 15) is 0 Å². The fourth-order valence-corrected chi connectivity index (χ4v) is 175. The summed E-state index contributed by atoms with van der Waals surface area (Å²) in [4.78, 5) is 3.41. The van der Waals surface area contributed by atoms with Gasteiger partial charge in [-0.3, -0.25) is 0 Å². The van der Waals surface area contributed by atoms with E-state index in [1.807, 2.05) is 0 Å². The zero-order valence-electron chi connectivity index (χ0n) is 43.1. The molecule has 0 N–H and O–H groups in total. The zero-order valence-corrected chi connectivity index (χ0v) is 47.8. The Morgan fingerprint density at radius 3 is 0.813 bits per heavy atom. The van der Waals surface area contributed by atoms with Gasteiger partial charge in [-0.05, 0) is 0 Å². The van der Waals surface area contributed by atoms with E-state index in [2.05, 4.69) is 282 Å². The fraction of sp³-hybridized carbons (Fsp3) is 0.257. The fourth-order valence-electron chi connectivity index (χ4n) is 30.5. The third kappa shape index (κ3) is 1.84. The molecule has 75 heavy (non-hydrogen) atoms. The van der Waals surface area contributed by atoms with E-state index in [1.165, 1.54) is 12.8 Å². The van der Waals surface area contributed by atoms with Crippen molar-refractivity contribution in [1.82, 2.24) is 0 Å². The molecule has 10 atom stereocenters. The van der Waals surface area contributed by atoms with Gasteiger partial charge in [0.2, 0.25) is 0 Å². The van der Waals surface area contributed by atoms with Crippen LogP contribution in [0.4, 0.5) is 0 Å². The van der Waals surface area contributed by atoms with E-state index in [1.54, 1.807) is 42.4 Å². The minimum absolute atomic E-state index is 0.151. The molecule has 0 aliphatic carbocycles. The Morgan fingerprint density at radius 1 is 0.360 bits per heavy atom. The van der Waals surface area contributed by atoms with E-state index in [0.29, 0.717) is 16.1 Å². The summed E-state index contributed by atoms with van der Waals surface area (Å²) in [5, 5.41) is 13.2. The van der Waals surface area contributed by atoms with Crippen molar-refractivity contribution in [2.24, 2.45) is 11.8 Å². The maximum absolute atomic E-state index is 6.14.